The summed E-state index contributed by atoms with van der Waals surface area (Å²) in [6.07, 6.45) is 4.59. The second kappa shape index (κ2) is 6.34. The van der Waals surface area contributed by atoms with Crippen LogP contribution < -0.4 is 4.74 Å². The van der Waals surface area contributed by atoms with E-state index in [2.05, 4.69) is 17.8 Å². The highest BCUT2D eigenvalue weighted by Crippen LogP contribution is 2.30. The van der Waals surface area contributed by atoms with Crippen molar-refractivity contribution in [2.45, 2.75) is 23.0 Å². The van der Waals surface area contributed by atoms with Crippen LogP contribution in [0.15, 0.2) is 29.2 Å². The van der Waals surface area contributed by atoms with Crippen molar-refractivity contribution in [2.24, 2.45) is 0 Å². The van der Waals surface area contributed by atoms with Crippen molar-refractivity contribution in [3.63, 3.8) is 0 Å². The van der Waals surface area contributed by atoms with Crippen LogP contribution in [0.3, 0.4) is 0 Å². The summed E-state index contributed by atoms with van der Waals surface area (Å²) in [6.45, 7) is 1.36. The van der Waals surface area contributed by atoms with Crippen LogP contribution in [0.25, 0.3) is 0 Å². The summed E-state index contributed by atoms with van der Waals surface area (Å²) in [6, 6.07) is 5.38. The zero-order valence-electron chi connectivity index (χ0n) is 11.6. The average molecular weight is 306 g/mol. The number of hydrogen-bond donors (Lipinski definition) is 1. The van der Waals surface area contributed by atoms with Crippen LogP contribution in [-0.4, -0.2) is 31.4 Å². The van der Waals surface area contributed by atoms with Gasteiger partial charge in [-0.2, -0.15) is 0 Å². The summed E-state index contributed by atoms with van der Waals surface area (Å²) in [5.74, 6) is 5.54. The first-order chi connectivity index (χ1) is 9.85. The number of aliphatic carboxylic acids is 1. The summed E-state index contributed by atoms with van der Waals surface area (Å²) in [5, 5.41) is 9.38. The number of hydrogen-bond acceptors (Lipinski definition) is 4. The molecule has 0 heterocycles. The van der Waals surface area contributed by atoms with Crippen molar-refractivity contribution >= 4 is 15.8 Å². The quantitative estimate of drug-likeness (QED) is 0.830. The number of carboxylic acids is 1. The van der Waals surface area contributed by atoms with E-state index < -0.39 is 27.0 Å². The number of carbonyl (C=O) groups is 1. The fourth-order valence-electron chi connectivity index (χ4n) is 1.75. The predicted octanol–water partition coefficient (Wildman–Crippen LogP) is 1.34. The van der Waals surface area contributed by atoms with E-state index in [-0.39, 0.29) is 4.90 Å². The minimum atomic E-state index is -4.28. The maximum Gasteiger partial charge on any atom is 0.338 e. The third kappa shape index (κ3) is 2.86. The second-order valence-corrected chi connectivity index (χ2v) is 6.24. The predicted molar refractivity (Wildman–Crippen MR) is 77.4 cm³/mol. The Morgan fingerprint density at radius 3 is 2.33 bits per heavy atom. The molecule has 0 aromatic heterocycles. The van der Waals surface area contributed by atoms with Crippen LogP contribution in [0.5, 0.6) is 5.75 Å². The highest BCUT2D eigenvalue weighted by atomic mass is 32.2. The smallest absolute Gasteiger partial charge is 0.338 e. The normalized spacial score (nSPS) is 13.2. The number of methoxy groups -OCH3 is 1. The van der Waals surface area contributed by atoms with Gasteiger partial charge in [0, 0.05) is 0 Å². The first-order valence-corrected chi connectivity index (χ1v) is 7.33. The Balaban J connectivity index is 3.56. The summed E-state index contributed by atoms with van der Waals surface area (Å²) >= 11 is 0. The van der Waals surface area contributed by atoms with Crippen molar-refractivity contribution < 1.29 is 23.1 Å². The first-order valence-electron chi connectivity index (χ1n) is 5.85. The van der Waals surface area contributed by atoms with E-state index >= 15 is 0 Å². The Morgan fingerprint density at radius 1 is 1.38 bits per heavy atom. The third-order valence-corrected chi connectivity index (χ3v) is 5.08. The standard InChI is InChI=1S/C15H14O5S/c1-4-10-15(11-5-2,14(16)17)21(18,19)13-8-6-12(20-3)7-9-13/h1,6-9H,10H2,2-3H3,(H,16,17). The minimum Gasteiger partial charge on any atom is -0.497 e. The molecule has 1 aromatic carbocycles. The largest absolute Gasteiger partial charge is 0.497 e. The van der Waals surface area contributed by atoms with E-state index in [1.165, 1.54) is 38.3 Å². The van der Waals surface area contributed by atoms with Crippen molar-refractivity contribution in [1.29, 1.82) is 0 Å². The average Bonchev–Trinajstić information content (AvgIpc) is 2.46. The van der Waals surface area contributed by atoms with Gasteiger partial charge >= 0.3 is 5.97 Å². The Hall–Kier alpha value is -2.44. The molecule has 6 heteroatoms. The maximum atomic E-state index is 12.7. The second-order valence-electron chi connectivity index (χ2n) is 4.07. The van der Waals surface area contributed by atoms with E-state index in [4.69, 9.17) is 11.2 Å². The van der Waals surface area contributed by atoms with Crippen LogP contribution in [0, 0.1) is 24.2 Å². The Bertz CT molecular complexity index is 729. The SMILES string of the molecule is C#CCC(C#CC)(C(=O)O)S(=O)(=O)c1ccc(OC)cc1. The fraction of sp³-hybridized carbons (Fsp3) is 0.267. The van der Waals surface area contributed by atoms with Gasteiger partial charge in [0.1, 0.15) is 5.75 Å². The molecule has 0 aliphatic rings. The molecule has 0 fully saturated rings. The molecule has 21 heavy (non-hydrogen) atoms. The molecule has 0 amide bonds. The zero-order valence-corrected chi connectivity index (χ0v) is 12.4. The number of carboxylic acid groups (broad SMARTS) is 1. The number of sulfone groups is 1. The Morgan fingerprint density at radius 2 is 1.95 bits per heavy atom. The van der Waals surface area contributed by atoms with Crippen LogP contribution in [-0.2, 0) is 14.6 Å². The molecule has 1 aromatic rings. The molecule has 1 unspecified atom stereocenters. The molecule has 0 saturated heterocycles. The third-order valence-electron chi connectivity index (χ3n) is 2.85. The van der Waals surface area contributed by atoms with Crippen molar-refractivity contribution in [2.75, 3.05) is 7.11 Å². The summed E-state index contributed by atoms with van der Waals surface area (Å²) in [5.41, 5.74) is 0. The first kappa shape index (κ1) is 16.6. The van der Waals surface area contributed by atoms with Gasteiger partial charge in [0.25, 0.3) is 0 Å². The van der Waals surface area contributed by atoms with Crippen molar-refractivity contribution in [1.82, 2.24) is 0 Å². The Labute approximate surface area is 123 Å². The number of terminal acetylenes is 1. The van der Waals surface area contributed by atoms with E-state index in [9.17, 15) is 18.3 Å². The van der Waals surface area contributed by atoms with Gasteiger partial charge in [-0.25, -0.2) is 13.2 Å². The molecule has 110 valence electrons. The number of ether oxygens (including phenoxy) is 1. The maximum absolute atomic E-state index is 12.7. The van der Waals surface area contributed by atoms with Gasteiger partial charge in [-0.15, -0.1) is 18.3 Å². The molecule has 0 aliphatic carbocycles. The fourth-order valence-corrected chi connectivity index (χ4v) is 3.39. The van der Waals surface area contributed by atoms with Gasteiger partial charge in [-0.1, -0.05) is 5.92 Å². The molecule has 1 atom stereocenters. The van der Waals surface area contributed by atoms with E-state index in [1.54, 1.807) is 0 Å². The lowest BCUT2D eigenvalue weighted by Crippen LogP contribution is -2.45. The van der Waals surface area contributed by atoms with Gasteiger partial charge < -0.3 is 9.84 Å². The molecule has 5 nitrogen and oxygen atoms in total. The van der Waals surface area contributed by atoms with Crippen molar-refractivity contribution in [3.8, 4) is 29.9 Å². The molecule has 0 bridgehead atoms. The summed E-state index contributed by atoms with van der Waals surface area (Å²) < 4.78 is 27.9. The van der Waals surface area contributed by atoms with Gasteiger partial charge in [0.05, 0.1) is 18.4 Å². The molecule has 1 N–H and O–H groups in total. The summed E-state index contributed by atoms with van der Waals surface area (Å²) in [4.78, 5) is 11.4. The van der Waals surface area contributed by atoms with Crippen LogP contribution in [0.2, 0.25) is 0 Å². The van der Waals surface area contributed by atoms with Crippen LogP contribution >= 0.6 is 0 Å². The Kier molecular flexibility index (Phi) is 5.02. The topological polar surface area (TPSA) is 80.7 Å². The van der Waals surface area contributed by atoms with Crippen LogP contribution in [0.1, 0.15) is 13.3 Å². The molecular weight excluding hydrogens is 292 g/mol. The zero-order chi connectivity index (χ0) is 16.1. The molecular formula is C15H14O5S. The number of benzene rings is 1. The molecule has 0 spiro atoms. The van der Waals surface area contributed by atoms with Gasteiger partial charge in [0.15, 0.2) is 0 Å². The lowest BCUT2D eigenvalue weighted by Gasteiger charge is -2.22. The lowest BCUT2D eigenvalue weighted by molar-refractivity contribution is -0.138. The monoisotopic (exact) mass is 306 g/mol. The molecule has 0 saturated carbocycles. The van der Waals surface area contributed by atoms with E-state index in [0.717, 1.165) is 0 Å². The molecule has 0 aliphatic heterocycles. The highest BCUT2D eigenvalue weighted by Gasteiger charge is 2.50. The van der Waals surface area contributed by atoms with E-state index in [1.807, 2.05) is 0 Å². The van der Waals surface area contributed by atoms with Gasteiger partial charge in [-0.3, -0.25) is 0 Å². The van der Waals surface area contributed by atoms with Crippen molar-refractivity contribution in [3.05, 3.63) is 24.3 Å². The highest BCUT2D eigenvalue weighted by molar-refractivity contribution is 7.94. The minimum absolute atomic E-state index is 0.177. The molecule has 1 rings (SSSR count). The number of rotatable bonds is 5. The lowest BCUT2D eigenvalue weighted by atomic mass is 10.1. The van der Waals surface area contributed by atoms with Gasteiger partial charge in [0.2, 0.25) is 14.6 Å². The van der Waals surface area contributed by atoms with E-state index in [0.29, 0.717) is 5.75 Å². The summed E-state index contributed by atoms with van der Waals surface area (Å²) in [7, 11) is -2.85. The van der Waals surface area contributed by atoms with Crippen LogP contribution in [0.4, 0.5) is 0 Å². The van der Waals surface area contributed by atoms with Gasteiger partial charge in [-0.05, 0) is 31.2 Å². The molecule has 0 radical (unpaired) electrons.